The summed E-state index contributed by atoms with van der Waals surface area (Å²) in [4.78, 5) is 19.5. The van der Waals surface area contributed by atoms with Gasteiger partial charge in [0.25, 0.3) is 0 Å². The van der Waals surface area contributed by atoms with Crippen LogP contribution in [0.1, 0.15) is 62.3 Å². The predicted octanol–water partition coefficient (Wildman–Crippen LogP) is 3.45. The van der Waals surface area contributed by atoms with Crippen molar-refractivity contribution in [3.63, 3.8) is 0 Å². The van der Waals surface area contributed by atoms with Gasteiger partial charge in [0.2, 0.25) is 5.95 Å². The SMILES string of the molecule is Cc1nc(N[C@@H]2C[C@H]3CC[C@@H]2C3)nc(N[C@@H]2C[C@H](CO)[C@@H](O)[C@H]2O)c1-c1nc2c(C3CC3)nccc2s1. The third-order valence-corrected chi connectivity index (χ3v) is 10.1. The maximum atomic E-state index is 10.7. The lowest BCUT2D eigenvalue weighted by atomic mass is 9.95. The van der Waals surface area contributed by atoms with Gasteiger partial charge in [-0.1, -0.05) is 6.42 Å². The highest BCUT2D eigenvalue weighted by atomic mass is 32.1. The van der Waals surface area contributed by atoms with Gasteiger partial charge in [0.1, 0.15) is 22.4 Å². The molecule has 0 aromatic carbocycles. The number of fused-ring (bicyclic) bond motifs is 3. The van der Waals surface area contributed by atoms with Crippen LogP contribution in [-0.2, 0) is 0 Å². The first-order chi connectivity index (χ1) is 18.0. The van der Waals surface area contributed by atoms with Gasteiger partial charge >= 0.3 is 0 Å². The Kier molecular flexibility index (Phi) is 5.84. The van der Waals surface area contributed by atoms with E-state index >= 15 is 0 Å². The lowest BCUT2D eigenvalue weighted by Gasteiger charge is -2.25. The lowest BCUT2D eigenvalue weighted by molar-refractivity contribution is 0.00446. The van der Waals surface area contributed by atoms with Crippen LogP contribution in [0.4, 0.5) is 11.8 Å². The second kappa shape index (κ2) is 9.11. The first-order valence-corrected chi connectivity index (χ1v) is 14.4. The Bertz CT molecular complexity index is 1330. The molecule has 4 saturated carbocycles. The lowest BCUT2D eigenvalue weighted by Crippen LogP contribution is -2.36. The van der Waals surface area contributed by atoms with Crippen LogP contribution in [0, 0.1) is 24.7 Å². The van der Waals surface area contributed by atoms with Crippen molar-refractivity contribution in [2.45, 2.75) is 82.1 Å². The number of thiazole rings is 1. The summed E-state index contributed by atoms with van der Waals surface area (Å²) < 4.78 is 1.10. The van der Waals surface area contributed by atoms with Crippen molar-refractivity contribution in [1.82, 2.24) is 19.9 Å². The number of anilines is 2. The molecule has 3 aromatic heterocycles. The van der Waals surface area contributed by atoms with Gasteiger partial charge in [-0.15, -0.1) is 11.3 Å². The van der Waals surface area contributed by atoms with Gasteiger partial charge in [-0.25, -0.2) is 9.97 Å². The molecule has 0 saturated heterocycles. The van der Waals surface area contributed by atoms with Crippen LogP contribution in [-0.4, -0.2) is 66.2 Å². The van der Waals surface area contributed by atoms with Crippen molar-refractivity contribution in [1.29, 1.82) is 0 Å². The number of hydrogen-bond acceptors (Lipinski definition) is 10. The van der Waals surface area contributed by atoms with Crippen LogP contribution in [0.25, 0.3) is 20.8 Å². The summed E-state index contributed by atoms with van der Waals surface area (Å²) in [6, 6.07) is 1.97. The molecule has 2 bridgehead atoms. The monoisotopic (exact) mass is 522 g/mol. The Morgan fingerprint density at radius 3 is 2.54 bits per heavy atom. The van der Waals surface area contributed by atoms with Crippen molar-refractivity contribution >= 4 is 33.3 Å². The molecule has 9 nitrogen and oxygen atoms in total. The summed E-state index contributed by atoms with van der Waals surface area (Å²) in [5.74, 6) is 2.80. The highest BCUT2D eigenvalue weighted by molar-refractivity contribution is 7.21. The third kappa shape index (κ3) is 4.18. The second-order valence-electron chi connectivity index (χ2n) is 11.5. The number of aromatic nitrogens is 4. The molecule has 37 heavy (non-hydrogen) atoms. The van der Waals surface area contributed by atoms with E-state index in [4.69, 9.17) is 15.0 Å². The fourth-order valence-corrected chi connectivity index (χ4v) is 7.91. The number of rotatable bonds is 7. The quantitative estimate of drug-likeness (QED) is 0.316. The van der Waals surface area contributed by atoms with E-state index in [1.165, 1.54) is 19.3 Å². The number of aliphatic hydroxyl groups is 3. The van der Waals surface area contributed by atoms with E-state index in [9.17, 15) is 15.3 Å². The van der Waals surface area contributed by atoms with Crippen LogP contribution in [0.3, 0.4) is 0 Å². The smallest absolute Gasteiger partial charge is 0.225 e. The van der Waals surface area contributed by atoms with Crippen molar-refractivity contribution in [3.05, 3.63) is 23.7 Å². The van der Waals surface area contributed by atoms with Gasteiger partial charge in [0.05, 0.1) is 33.8 Å². The van der Waals surface area contributed by atoms with Crippen LogP contribution in [0.2, 0.25) is 0 Å². The summed E-state index contributed by atoms with van der Waals surface area (Å²) in [7, 11) is 0. The topological polar surface area (TPSA) is 136 Å². The molecule has 3 heterocycles. The van der Waals surface area contributed by atoms with Crippen molar-refractivity contribution < 1.29 is 15.3 Å². The van der Waals surface area contributed by atoms with E-state index in [0.29, 0.717) is 36.1 Å². The number of nitrogens with one attached hydrogen (secondary N) is 2. The summed E-state index contributed by atoms with van der Waals surface area (Å²) in [5.41, 5.74) is 3.66. The molecule has 196 valence electrons. The molecule has 7 atom stereocenters. The van der Waals surface area contributed by atoms with E-state index in [1.54, 1.807) is 11.3 Å². The first kappa shape index (κ1) is 23.7. The minimum absolute atomic E-state index is 0.169. The fraction of sp³-hybridized carbons (Fsp3) is 0.630. The average molecular weight is 523 g/mol. The summed E-state index contributed by atoms with van der Waals surface area (Å²) in [6.45, 7) is 1.81. The first-order valence-electron chi connectivity index (χ1n) is 13.6. The zero-order valence-corrected chi connectivity index (χ0v) is 21.8. The van der Waals surface area contributed by atoms with Gasteiger partial charge in [-0.3, -0.25) is 4.98 Å². The van der Waals surface area contributed by atoms with Gasteiger partial charge in [0.15, 0.2) is 0 Å². The summed E-state index contributed by atoms with van der Waals surface area (Å²) >= 11 is 1.61. The van der Waals surface area contributed by atoms with Gasteiger partial charge in [-0.2, -0.15) is 4.98 Å². The molecule has 4 aliphatic rings. The second-order valence-corrected chi connectivity index (χ2v) is 12.6. The predicted molar refractivity (Wildman–Crippen MR) is 143 cm³/mol. The molecule has 3 aromatic rings. The van der Waals surface area contributed by atoms with Crippen molar-refractivity contribution in [2.75, 3.05) is 17.2 Å². The normalized spacial score (nSPS) is 32.9. The van der Waals surface area contributed by atoms with E-state index in [1.807, 2.05) is 19.2 Å². The molecular formula is C27H34N6O3S. The number of pyridine rings is 1. The molecule has 0 radical (unpaired) electrons. The van der Waals surface area contributed by atoms with Crippen LogP contribution in [0.5, 0.6) is 0 Å². The van der Waals surface area contributed by atoms with Crippen molar-refractivity contribution in [3.8, 4) is 10.6 Å². The largest absolute Gasteiger partial charge is 0.396 e. The highest BCUT2D eigenvalue weighted by Crippen LogP contribution is 2.47. The zero-order chi connectivity index (χ0) is 25.3. The molecule has 4 aliphatic carbocycles. The Morgan fingerprint density at radius 1 is 0.973 bits per heavy atom. The fourth-order valence-electron chi connectivity index (χ4n) is 6.85. The van der Waals surface area contributed by atoms with Crippen molar-refractivity contribution in [2.24, 2.45) is 17.8 Å². The number of nitrogens with zero attached hydrogens (tertiary/aromatic N) is 4. The average Bonchev–Trinajstić information content (AvgIpc) is 3.18. The molecule has 0 spiro atoms. The third-order valence-electron chi connectivity index (χ3n) is 9.01. The molecule has 7 rings (SSSR count). The van der Waals surface area contributed by atoms with Crippen LogP contribution < -0.4 is 10.6 Å². The number of hydrogen-bond donors (Lipinski definition) is 5. The minimum atomic E-state index is -0.997. The standard InChI is InChI=1S/C27H34N6O3S/c1-12-20(26-32-22-19(37-26)6-7-28-21(22)14-4-5-14)25(30-18-10-16(11-34)23(35)24(18)36)33-27(29-12)31-17-9-13-2-3-15(17)8-13/h6-7,13-18,23-24,34-36H,2-5,8-11H2,1H3,(H2,29,30,31,33)/t13-,15+,16+,17+,18+,23+,24-/m0/s1. The van der Waals surface area contributed by atoms with Crippen LogP contribution >= 0.6 is 11.3 Å². The van der Waals surface area contributed by atoms with Gasteiger partial charge in [-0.05, 0) is 63.4 Å². The summed E-state index contributed by atoms with van der Waals surface area (Å²) in [5, 5.41) is 38.7. The number of aliphatic hydroxyl groups excluding tert-OH is 3. The van der Waals surface area contributed by atoms with E-state index in [-0.39, 0.29) is 12.5 Å². The van der Waals surface area contributed by atoms with E-state index in [2.05, 4.69) is 15.6 Å². The maximum absolute atomic E-state index is 10.7. The minimum Gasteiger partial charge on any atom is -0.396 e. The molecule has 5 N–H and O–H groups in total. The van der Waals surface area contributed by atoms with Gasteiger partial charge in [0, 0.05) is 30.7 Å². The Balaban J connectivity index is 1.27. The molecule has 0 unspecified atom stereocenters. The van der Waals surface area contributed by atoms with E-state index < -0.39 is 18.2 Å². The highest BCUT2D eigenvalue weighted by Gasteiger charge is 2.42. The Hall–Kier alpha value is -2.40. The Labute approximate surface area is 219 Å². The molecule has 4 fully saturated rings. The molecule has 0 amide bonds. The maximum Gasteiger partial charge on any atom is 0.225 e. The Morgan fingerprint density at radius 2 is 1.84 bits per heavy atom. The van der Waals surface area contributed by atoms with Crippen LogP contribution in [0.15, 0.2) is 12.3 Å². The summed E-state index contributed by atoms with van der Waals surface area (Å²) in [6.07, 6.45) is 7.71. The molecule has 0 aliphatic heterocycles. The molecular weight excluding hydrogens is 488 g/mol. The van der Waals surface area contributed by atoms with E-state index in [0.717, 1.165) is 57.4 Å². The number of aryl methyl sites for hydroxylation is 1. The molecule has 10 heteroatoms. The zero-order valence-electron chi connectivity index (χ0n) is 21.0. The van der Waals surface area contributed by atoms with Gasteiger partial charge < -0.3 is 26.0 Å².